The molecule has 0 bridgehead atoms. The van der Waals surface area contributed by atoms with Gasteiger partial charge in [0.2, 0.25) is 0 Å². The van der Waals surface area contributed by atoms with Crippen molar-refractivity contribution in [2.24, 2.45) is 0 Å². The second-order valence-electron chi connectivity index (χ2n) is 0.803. The molecule has 0 fully saturated rings. The van der Waals surface area contributed by atoms with Gasteiger partial charge in [0.05, 0.1) is 0 Å². The highest BCUT2D eigenvalue weighted by atomic mass is 35.6. The molecule has 0 aromatic rings. The third-order valence-electron chi connectivity index (χ3n) is 0.243. The topological polar surface area (TPSA) is 37.3 Å². The molecule has 9 heavy (non-hydrogen) atoms. The molecule has 0 aliphatic carbocycles. The lowest BCUT2D eigenvalue weighted by Crippen LogP contribution is -2.16. The second-order valence-corrected chi connectivity index (χ2v) is 3.08. The van der Waals surface area contributed by atoms with Gasteiger partial charge >= 0.3 is 5.97 Å². The fraction of sp³-hybridized carbons (Fsp3) is 0.667. The van der Waals surface area contributed by atoms with Gasteiger partial charge in [-0.05, 0) is 0 Å². The standard InChI is InChI=1S/C2HCl3O2.CH3Cl/c3-2(4,5)1(6)7;1-2/h(H,6,7);1H3. The van der Waals surface area contributed by atoms with Gasteiger partial charge in [0.25, 0.3) is 3.79 Å². The van der Waals surface area contributed by atoms with E-state index in [1.807, 2.05) is 0 Å². The minimum Gasteiger partial charge on any atom is -0.478 e. The number of alkyl halides is 4. The summed E-state index contributed by atoms with van der Waals surface area (Å²) in [4.78, 5) is 9.62. The average Bonchev–Trinajstić information content (AvgIpc) is 1.69. The van der Waals surface area contributed by atoms with Crippen molar-refractivity contribution in [1.82, 2.24) is 0 Å². The van der Waals surface area contributed by atoms with Crippen molar-refractivity contribution in [2.45, 2.75) is 3.79 Å². The smallest absolute Gasteiger partial charge is 0.356 e. The first-order valence-corrected chi connectivity index (χ1v) is 3.51. The Morgan fingerprint density at radius 2 is 1.44 bits per heavy atom. The molecule has 0 aliphatic rings. The number of rotatable bonds is 0. The van der Waals surface area contributed by atoms with E-state index >= 15 is 0 Å². The first-order valence-electron chi connectivity index (χ1n) is 1.62. The summed E-state index contributed by atoms with van der Waals surface area (Å²) in [6.45, 7) is 0. The van der Waals surface area contributed by atoms with Crippen molar-refractivity contribution in [1.29, 1.82) is 0 Å². The molecule has 0 saturated carbocycles. The minimum absolute atomic E-state index is 1.46. The Bertz CT molecular complexity index is 86.3. The van der Waals surface area contributed by atoms with Crippen LogP contribution in [0.5, 0.6) is 0 Å². The quantitative estimate of drug-likeness (QED) is 0.628. The zero-order valence-electron chi connectivity index (χ0n) is 4.37. The molecule has 0 aromatic heterocycles. The lowest BCUT2D eigenvalue weighted by molar-refractivity contribution is -0.135. The minimum atomic E-state index is -2.17. The molecular formula is C3H4Cl4O2. The largest absolute Gasteiger partial charge is 0.478 e. The summed E-state index contributed by atoms with van der Waals surface area (Å²) in [5.41, 5.74) is 0. The second kappa shape index (κ2) is 5.42. The Labute approximate surface area is 72.6 Å². The Kier molecular flexibility index (Phi) is 7.42. The van der Waals surface area contributed by atoms with Crippen molar-refractivity contribution < 1.29 is 9.90 Å². The van der Waals surface area contributed by atoms with E-state index in [1.54, 1.807) is 0 Å². The fourth-order valence-electron chi connectivity index (χ4n) is 0. The molecule has 2 nitrogen and oxygen atoms in total. The lowest BCUT2D eigenvalue weighted by Gasteiger charge is -1.99. The fourth-order valence-corrected chi connectivity index (χ4v) is 0. The molecule has 0 atom stereocenters. The monoisotopic (exact) mass is 212 g/mol. The number of carbonyl (C=O) groups is 1. The molecule has 0 rings (SSSR count). The van der Waals surface area contributed by atoms with Crippen molar-refractivity contribution in [3.63, 3.8) is 0 Å². The maximum atomic E-state index is 9.62. The van der Waals surface area contributed by atoms with E-state index < -0.39 is 9.76 Å². The van der Waals surface area contributed by atoms with Gasteiger partial charge in [-0.2, -0.15) is 0 Å². The number of carboxylic acid groups (broad SMARTS) is 1. The highest BCUT2D eigenvalue weighted by Gasteiger charge is 2.29. The summed E-state index contributed by atoms with van der Waals surface area (Å²) in [5.74, 6) is -1.46. The summed E-state index contributed by atoms with van der Waals surface area (Å²) in [6.07, 6.45) is 1.47. The zero-order chi connectivity index (χ0) is 8.08. The summed E-state index contributed by atoms with van der Waals surface area (Å²) in [7, 11) is 0. The molecule has 1 N–H and O–H groups in total. The summed E-state index contributed by atoms with van der Waals surface area (Å²) in [5, 5.41) is 7.85. The van der Waals surface area contributed by atoms with Crippen LogP contribution < -0.4 is 0 Å². The Hall–Kier alpha value is 0.630. The van der Waals surface area contributed by atoms with Crippen LogP contribution in [0.2, 0.25) is 0 Å². The van der Waals surface area contributed by atoms with Crippen LogP contribution in [-0.2, 0) is 4.79 Å². The van der Waals surface area contributed by atoms with Gasteiger partial charge in [0.15, 0.2) is 0 Å². The Balaban J connectivity index is 0. The van der Waals surface area contributed by atoms with Crippen LogP contribution in [0.15, 0.2) is 0 Å². The van der Waals surface area contributed by atoms with Gasteiger partial charge < -0.3 is 5.11 Å². The van der Waals surface area contributed by atoms with Gasteiger partial charge in [-0.3, -0.25) is 0 Å². The van der Waals surface area contributed by atoms with Crippen molar-refractivity contribution >= 4 is 52.4 Å². The van der Waals surface area contributed by atoms with E-state index in [4.69, 9.17) is 39.9 Å². The molecule has 56 valence electrons. The average molecular weight is 214 g/mol. The van der Waals surface area contributed by atoms with Gasteiger partial charge in [-0.25, -0.2) is 4.79 Å². The molecule has 0 radical (unpaired) electrons. The highest BCUT2D eigenvalue weighted by molar-refractivity contribution is 6.75. The predicted octanol–water partition coefficient (Wildman–Crippen LogP) is 2.30. The van der Waals surface area contributed by atoms with Crippen LogP contribution in [0.1, 0.15) is 0 Å². The zero-order valence-corrected chi connectivity index (χ0v) is 7.39. The Morgan fingerprint density at radius 3 is 1.44 bits per heavy atom. The van der Waals surface area contributed by atoms with E-state index in [1.165, 1.54) is 6.38 Å². The highest BCUT2D eigenvalue weighted by Crippen LogP contribution is 2.25. The third-order valence-corrected chi connectivity index (χ3v) is 0.728. The van der Waals surface area contributed by atoms with E-state index in [0.29, 0.717) is 0 Å². The summed E-state index contributed by atoms with van der Waals surface area (Å²) >= 11 is 19.0. The molecule has 0 unspecified atom stereocenters. The van der Waals surface area contributed by atoms with Crippen LogP contribution in [0.4, 0.5) is 0 Å². The van der Waals surface area contributed by atoms with Gasteiger partial charge in [-0.1, -0.05) is 34.8 Å². The molecule has 0 amide bonds. The molecule has 0 aromatic carbocycles. The lowest BCUT2D eigenvalue weighted by atomic mass is 10.8. The Morgan fingerprint density at radius 1 is 1.33 bits per heavy atom. The van der Waals surface area contributed by atoms with Gasteiger partial charge in [0.1, 0.15) is 0 Å². The predicted molar refractivity (Wildman–Crippen MR) is 39.7 cm³/mol. The van der Waals surface area contributed by atoms with Crippen LogP contribution in [0.3, 0.4) is 0 Å². The number of carboxylic acids is 1. The molecule has 0 aliphatic heterocycles. The maximum Gasteiger partial charge on any atom is 0.356 e. The van der Waals surface area contributed by atoms with Crippen molar-refractivity contribution in [3.8, 4) is 0 Å². The molecule has 0 heterocycles. The first kappa shape index (κ1) is 12.3. The van der Waals surface area contributed by atoms with Crippen molar-refractivity contribution in [3.05, 3.63) is 0 Å². The molecular weight excluding hydrogens is 210 g/mol. The van der Waals surface area contributed by atoms with Crippen molar-refractivity contribution in [2.75, 3.05) is 6.38 Å². The molecule has 0 saturated heterocycles. The number of halogens is 4. The molecule has 6 heteroatoms. The first-order chi connectivity index (χ1) is 3.94. The van der Waals surface area contributed by atoms with E-state index in [2.05, 4.69) is 11.6 Å². The van der Waals surface area contributed by atoms with Crippen LogP contribution in [0, 0.1) is 0 Å². The summed E-state index contributed by atoms with van der Waals surface area (Å²) < 4.78 is -2.17. The maximum absolute atomic E-state index is 9.62. The van der Waals surface area contributed by atoms with Crippen LogP contribution in [-0.4, -0.2) is 21.3 Å². The summed E-state index contributed by atoms with van der Waals surface area (Å²) in [6, 6.07) is 0. The number of hydrogen-bond donors (Lipinski definition) is 1. The normalized spacial score (nSPS) is 9.44. The van der Waals surface area contributed by atoms with E-state index in [9.17, 15) is 4.79 Å². The number of hydrogen-bond acceptors (Lipinski definition) is 1. The van der Waals surface area contributed by atoms with Crippen LogP contribution in [0.25, 0.3) is 0 Å². The van der Waals surface area contributed by atoms with Gasteiger partial charge in [0, 0.05) is 6.38 Å². The third kappa shape index (κ3) is 8.63. The van der Waals surface area contributed by atoms with Gasteiger partial charge in [-0.15, -0.1) is 11.6 Å². The SMILES string of the molecule is CCl.O=C(O)C(Cl)(Cl)Cl. The van der Waals surface area contributed by atoms with E-state index in [-0.39, 0.29) is 0 Å². The number of aliphatic carboxylic acids is 1. The van der Waals surface area contributed by atoms with E-state index in [0.717, 1.165) is 0 Å². The van der Waals surface area contributed by atoms with Crippen LogP contribution >= 0.6 is 46.4 Å². The molecule has 0 spiro atoms.